The second-order valence-electron chi connectivity index (χ2n) is 4.93. The average molecular weight is 289 g/mol. The molecule has 1 N–H and O–H groups in total. The maximum Gasteiger partial charge on any atom is 0.153 e. The highest BCUT2D eigenvalue weighted by Gasteiger charge is 2.29. The van der Waals surface area contributed by atoms with Crippen LogP contribution in [0.1, 0.15) is 42.0 Å². The first-order valence-electron chi connectivity index (χ1n) is 6.30. The predicted octanol–water partition coefficient (Wildman–Crippen LogP) is 1.75. The Morgan fingerprint density at radius 3 is 3.00 bits per heavy atom. The van der Waals surface area contributed by atoms with E-state index in [9.17, 15) is 8.42 Å². The van der Waals surface area contributed by atoms with Gasteiger partial charge in [-0.05, 0) is 12.8 Å². The Kier molecular flexibility index (Phi) is 4.40. The molecule has 1 aliphatic heterocycles. The van der Waals surface area contributed by atoms with Crippen molar-refractivity contribution >= 4 is 21.2 Å². The Balaban J connectivity index is 2.07. The number of hydrogen-bond donors (Lipinski definition) is 1. The lowest BCUT2D eigenvalue weighted by molar-refractivity contribution is 0.274. The third-order valence-corrected chi connectivity index (χ3v) is 6.97. The summed E-state index contributed by atoms with van der Waals surface area (Å²) in [6.07, 6.45) is 4.84. The molecule has 0 bridgehead atoms. The Hall–Kier alpha value is -0.460. The van der Waals surface area contributed by atoms with Gasteiger partial charge in [-0.3, -0.25) is 0 Å². The van der Waals surface area contributed by atoms with Crippen LogP contribution in [0.15, 0.2) is 6.20 Å². The molecular weight excluding hydrogens is 270 g/mol. The van der Waals surface area contributed by atoms with E-state index < -0.39 is 9.84 Å². The number of hydrogen-bond acceptors (Lipinski definition) is 5. The van der Waals surface area contributed by atoms with Crippen LogP contribution in [0.4, 0.5) is 0 Å². The van der Waals surface area contributed by atoms with Gasteiger partial charge >= 0.3 is 0 Å². The molecule has 1 aliphatic rings. The zero-order chi connectivity index (χ0) is 13.2. The van der Waals surface area contributed by atoms with Crippen molar-refractivity contribution in [3.05, 3.63) is 16.1 Å². The lowest BCUT2D eigenvalue weighted by Gasteiger charge is -2.21. The first-order valence-corrected chi connectivity index (χ1v) is 8.83. The monoisotopic (exact) mass is 289 g/mol. The Morgan fingerprint density at radius 2 is 2.33 bits per heavy atom. The van der Waals surface area contributed by atoms with Gasteiger partial charge in [0.1, 0.15) is 0 Å². The fourth-order valence-corrected chi connectivity index (χ4v) is 5.21. The van der Waals surface area contributed by atoms with Crippen molar-refractivity contribution < 1.29 is 13.5 Å². The molecule has 1 aromatic heterocycles. The average Bonchev–Trinajstić information content (AvgIpc) is 2.79. The van der Waals surface area contributed by atoms with Gasteiger partial charge in [0.25, 0.3) is 0 Å². The quantitative estimate of drug-likeness (QED) is 0.917. The Bertz CT molecular complexity index is 495. The van der Waals surface area contributed by atoms with Crippen LogP contribution in [-0.4, -0.2) is 36.1 Å². The van der Waals surface area contributed by atoms with E-state index in [2.05, 4.69) is 4.98 Å². The van der Waals surface area contributed by atoms with Gasteiger partial charge in [0.15, 0.2) is 9.84 Å². The van der Waals surface area contributed by atoms with Gasteiger partial charge in [-0.15, -0.1) is 11.3 Å². The molecule has 0 radical (unpaired) electrons. The van der Waals surface area contributed by atoms with Crippen molar-refractivity contribution in [1.29, 1.82) is 0 Å². The van der Waals surface area contributed by atoms with E-state index in [1.54, 1.807) is 6.20 Å². The van der Waals surface area contributed by atoms with Crippen molar-refractivity contribution in [2.24, 2.45) is 0 Å². The van der Waals surface area contributed by atoms with Gasteiger partial charge in [0, 0.05) is 23.4 Å². The molecule has 1 fully saturated rings. The summed E-state index contributed by atoms with van der Waals surface area (Å²) >= 11 is 1.52. The van der Waals surface area contributed by atoms with Crippen LogP contribution in [0.25, 0.3) is 0 Å². The largest absolute Gasteiger partial charge is 0.396 e. The highest BCUT2D eigenvalue weighted by Crippen LogP contribution is 2.27. The molecular formula is C12H19NO3S2. The SMILES string of the molecule is CC(CO)c1cnc(CC2CCCCS2(=O)=O)s1. The molecule has 2 heterocycles. The normalized spacial score (nSPS) is 24.9. The summed E-state index contributed by atoms with van der Waals surface area (Å²) in [7, 11) is -2.92. The molecule has 4 nitrogen and oxygen atoms in total. The molecule has 102 valence electrons. The third kappa shape index (κ3) is 3.10. The molecule has 1 saturated heterocycles. The Morgan fingerprint density at radius 1 is 1.56 bits per heavy atom. The maximum absolute atomic E-state index is 11.9. The van der Waals surface area contributed by atoms with Gasteiger partial charge < -0.3 is 5.11 Å². The summed E-state index contributed by atoms with van der Waals surface area (Å²) in [5.74, 6) is 0.405. The molecule has 0 spiro atoms. The minimum absolute atomic E-state index is 0.0826. The molecule has 0 aliphatic carbocycles. The number of nitrogens with zero attached hydrogens (tertiary/aromatic N) is 1. The smallest absolute Gasteiger partial charge is 0.153 e. The molecule has 0 saturated carbocycles. The summed E-state index contributed by atoms with van der Waals surface area (Å²) in [6, 6.07) is 0. The Labute approximate surface area is 112 Å². The van der Waals surface area contributed by atoms with Gasteiger partial charge in [-0.2, -0.15) is 0 Å². The summed E-state index contributed by atoms with van der Waals surface area (Å²) < 4.78 is 23.8. The fourth-order valence-electron chi connectivity index (χ4n) is 2.18. The summed E-state index contributed by atoms with van der Waals surface area (Å²) in [5.41, 5.74) is 0. The van der Waals surface area contributed by atoms with Crippen LogP contribution in [0.5, 0.6) is 0 Å². The summed E-state index contributed by atoms with van der Waals surface area (Å²) in [6.45, 7) is 2.04. The van der Waals surface area contributed by atoms with Crippen LogP contribution in [0, 0.1) is 0 Å². The van der Waals surface area contributed by atoms with Crippen molar-refractivity contribution in [2.75, 3.05) is 12.4 Å². The van der Waals surface area contributed by atoms with E-state index >= 15 is 0 Å². The van der Waals surface area contributed by atoms with Gasteiger partial charge in [0.2, 0.25) is 0 Å². The fraction of sp³-hybridized carbons (Fsp3) is 0.750. The van der Waals surface area contributed by atoms with Crippen molar-refractivity contribution in [3.8, 4) is 0 Å². The predicted molar refractivity (Wildman–Crippen MR) is 72.7 cm³/mol. The second-order valence-corrected chi connectivity index (χ2v) is 8.48. The van der Waals surface area contributed by atoms with E-state index in [1.807, 2.05) is 6.92 Å². The summed E-state index contributed by atoms with van der Waals surface area (Å²) in [5, 5.41) is 9.71. The van der Waals surface area contributed by atoms with Crippen LogP contribution in [0.2, 0.25) is 0 Å². The van der Waals surface area contributed by atoms with Gasteiger partial charge in [-0.25, -0.2) is 13.4 Å². The van der Waals surface area contributed by atoms with Crippen LogP contribution >= 0.6 is 11.3 Å². The molecule has 2 unspecified atom stereocenters. The summed E-state index contributed by atoms with van der Waals surface area (Å²) in [4.78, 5) is 5.32. The van der Waals surface area contributed by atoms with E-state index in [0.29, 0.717) is 12.2 Å². The van der Waals surface area contributed by atoms with Gasteiger partial charge in [0.05, 0.1) is 22.6 Å². The zero-order valence-corrected chi connectivity index (χ0v) is 12.1. The number of rotatable bonds is 4. The van der Waals surface area contributed by atoms with Crippen LogP contribution in [-0.2, 0) is 16.3 Å². The van der Waals surface area contributed by atoms with Gasteiger partial charge in [-0.1, -0.05) is 13.3 Å². The van der Waals surface area contributed by atoms with Crippen LogP contribution in [0.3, 0.4) is 0 Å². The third-order valence-electron chi connectivity index (χ3n) is 3.45. The number of aliphatic hydroxyl groups excluding tert-OH is 1. The molecule has 1 aromatic rings. The zero-order valence-electron chi connectivity index (χ0n) is 10.5. The minimum atomic E-state index is -2.92. The minimum Gasteiger partial charge on any atom is -0.396 e. The number of aromatic nitrogens is 1. The first kappa shape index (κ1) is 14.0. The maximum atomic E-state index is 11.9. The molecule has 6 heteroatoms. The lowest BCUT2D eigenvalue weighted by atomic mass is 10.1. The van der Waals surface area contributed by atoms with Crippen LogP contribution < -0.4 is 0 Å². The number of sulfone groups is 1. The molecule has 18 heavy (non-hydrogen) atoms. The van der Waals surface area contributed by atoms with E-state index in [1.165, 1.54) is 11.3 Å². The van der Waals surface area contributed by atoms with Crippen molar-refractivity contribution in [2.45, 2.75) is 43.8 Å². The highest BCUT2D eigenvalue weighted by atomic mass is 32.2. The number of aliphatic hydroxyl groups is 1. The second kappa shape index (κ2) is 5.67. The van der Waals surface area contributed by atoms with Crippen molar-refractivity contribution in [1.82, 2.24) is 4.98 Å². The first-order chi connectivity index (χ1) is 8.53. The molecule has 2 rings (SSSR count). The molecule has 0 amide bonds. The standard InChI is InChI=1S/C12H19NO3S2/c1-9(8-14)11-7-13-12(17-11)6-10-4-2-3-5-18(10,15)16/h7,9-10,14H,2-6,8H2,1H3. The van der Waals surface area contributed by atoms with E-state index in [4.69, 9.17) is 5.11 Å². The van der Waals surface area contributed by atoms with E-state index in [-0.39, 0.29) is 17.8 Å². The topological polar surface area (TPSA) is 67.3 Å². The van der Waals surface area contributed by atoms with E-state index in [0.717, 1.165) is 29.1 Å². The lowest BCUT2D eigenvalue weighted by Crippen LogP contribution is -2.30. The van der Waals surface area contributed by atoms with Crippen molar-refractivity contribution in [3.63, 3.8) is 0 Å². The molecule has 2 atom stereocenters. The highest BCUT2D eigenvalue weighted by molar-refractivity contribution is 7.92. The molecule has 0 aromatic carbocycles. The number of thiazole rings is 1.